The number of aromatic nitrogens is 3. The molecule has 106 valence electrons. The van der Waals surface area contributed by atoms with Crippen LogP contribution in [0, 0.1) is 5.92 Å². The highest BCUT2D eigenvalue weighted by Crippen LogP contribution is 2.28. The van der Waals surface area contributed by atoms with Crippen LogP contribution in [-0.4, -0.2) is 48.9 Å². The lowest BCUT2D eigenvalue weighted by Crippen LogP contribution is -2.10. The fourth-order valence-electron chi connectivity index (χ4n) is 1.51. The van der Waals surface area contributed by atoms with E-state index in [2.05, 4.69) is 20.3 Å². The van der Waals surface area contributed by atoms with Crippen LogP contribution in [0.5, 0.6) is 12.0 Å². The molecule has 2 rings (SSSR count). The van der Waals surface area contributed by atoms with E-state index in [0.29, 0.717) is 5.95 Å². The lowest BCUT2D eigenvalue weighted by molar-refractivity contribution is 0.124. The van der Waals surface area contributed by atoms with Crippen LogP contribution in [0.25, 0.3) is 0 Å². The second-order valence-electron chi connectivity index (χ2n) is 4.43. The van der Waals surface area contributed by atoms with E-state index in [0.717, 1.165) is 32.1 Å². The first-order chi connectivity index (χ1) is 9.31. The first kappa shape index (κ1) is 13.8. The van der Waals surface area contributed by atoms with Crippen molar-refractivity contribution in [3.8, 4) is 12.0 Å². The van der Waals surface area contributed by atoms with Gasteiger partial charge < -0.3 is 19.5 Å². The maximum Gasteiger partial charge on any atom is 0.324 e. The Bertz CT molecular complexity index is 376. The minimum absolute atomic E-state index is 0.235. The maximum atomic E-state index is 5.54. The molecule has 0 amide bonds. The third-order valence-electron chi connectivity index (χ3n) is 2.76. The zero-order valence-electron chi connectivity index (χ0n) is 11.4. The highest BCUT2D eigenvalue weighted by Gasteiger charge is 2.20. The topological polar surface area (TPSA) is 78.4 Å². The fourth-order valence-corrected chi connectivity index (χ4v) is 1.51. The van der Waals surface area contributed by atoms with E-state index in [4.69, 9.17) is 14.2 Å². The largest absolute Gasteiger partial charge is 0.467 e. The minimum atomic E-state index is 0.235. The Morgan fingerprint density at radius 1 is 1.11 bits per heavy atom. The molecule has 0 atom stereocenters. The molecule has 1 aromatic heterocycles. The first-order valence-corrected chi connectivity index (χ1v) is 6.47. The SMILES string of the molecule is COc1nc(NCCCOCC2CC2)nc(OC)n1. The molecule has 7 heteroatoms. The van der Waals surface area contributed by atoms with Crippen LogP contribution in [0.1, 0.15) is 19.3 Å². The Morgan fingerprint density at radius 3 is 2.37 bits per heavy atom. The summed E-state index contributed by atoms with van der Waals surface area (Å²) in [6, 6.07) is 0.471. The Morgan fingerprint density at radius 2 is 1.79 bits per heavy atom. The van der Waals surface area contributed by atoms with Crippen molar-refractivity contribution in [3.05, 3.63) is 0 Å². The zero-order chi connectivity index (χ0) is 13.5. The lowest BCUT2D eigenvalue weighted by atomic mass is 10.4. The second-order valence-corrected chi connectivity index (χ2v) is 4.43. The number of ether oxygens (including phenoxy) is 3. The number of rotatable bonds is 9. The van der Waals surface area contributed by atoms with Crippen molar-refractivity contribution in [1.29, 1.82) is 0 Å². The standard InChI is InChI=1S/C12H20N4O3/c1-17-11-14-10(15-12(16-11)18-2)13-6-3-7-19-8-9-4-5-9/h9H,3-8H2,1-2H3,(H,13,14,15,16). The summed E-state index contributed by atoms with van der Waals surface area (Å²) in [6.45, 7) is 2.39. The van der Waals surface area contributed by atoms with Crippen molar-refractivity contribution in [3.63, 3.8) is 0 Å². The van der Waals surface area contributed by atoms with Gasteiger partial charge in [0.2, 0.25) is 5.95 Å². The summed E-state index contributed by atoms with van der Waals surface area (Å²) in [6.07, 6.45) is 3.55. The van der Waals surface area contributed by atoms with Gasteiger partial charge in [-0.2, -0.15) is 9.97 Å². The number of nitrogens with zero attached hydrogens (tertiary/aromatic N) is 3. The van der Waals surface area contributed by atoms with Crippen LogP contribution in [-0.2, 0) is 4.74 Å². The van der Waals surface area contributed by atoms with Gasteiger partial charge in [0.25, 0.3) is 0 Å². The molecule has 0 aliphatic heterocycles. The van der Waals surface area contributed by atoms with E-state index in [-0.39, 0.29) is 12.0 Å². The average molecular weight is 268 g/mol. The minimum Gasteiger partial charge on any atom is -0.467 e. The number of hydrogen-bond acceptors (Lipinski definition) is 7. The Labute approximate surface area is 112 Å². The van der Waals surface area contributed by atoms with Crippen molar-refractivity contribution in [2.75, 3.05) is 39.3 Å². The summed E-state index contributed by atoms with van der Waals surface area (Å²) < 4.78 is 15.5. The smallest absolute Gasteiger partial charge is 0.324 e. The van der Waals surface area contributed by atoms with Crippen molar-refractivity contribution in [1.82, 2.24) is 15.0 Å². The van der Waals surface area contributed by atoms with E-state index >= 15 is 0 Å². The molecule has 1 aromatic rings. The average Bonchev–Trinajstić information content (AvgIpc) is 3.26. The van der Waals surface area contributed by atoms with Crippen molar-refractivity contribution >= 4 is 5.95 Å². The van der Waals surface area contributed by atoms with E-state index in [1.54, 1.807) is 0 Å². The van der Waals surface area contributed by atoms with E-state index in [1.807, 2.05) is 0 Å². The molecule has 1 fully saturated rings. The molecule has 19 heavy (non-hydrogen) atoms. The number of anilines is 1. The van der Waals surface area contributed by atoms with E-state index < -0.39 is 0 Å². The molecular formula is C12H20N4O3. The van der Waals surface area contributed by atoms with Crippen molar-refractivity contribution in [2.24, 2.45) is 5.92 Å². The number of methoxy groups -OCH3 is 2. The predicted octanol–water partition coefficient (Wildman–Crippen LogP) is 1.12. The van der Waals surface area contributed by atoms with E-state index in [1.165, 1.54) is 27.1 Å². The first-order valence-electron chi connectivity index (χ1n) is 6.47. The summed E-state index contributed by atoms with van der Waals surface area (Å²) in [5.41, 5.74) is 0. The van der Waals surface area contributed by atoms with Gasteiger partial charge >= 0.3 is 12.0 Å². The molecule has 1 heterocycles. The molecule has 1 N–H and O–H groups in total. The normalized spacial score (nSPS) is 14.2. The molecule has 1 saturated carbocycles. The third-order valence-corrected chi connectivity index (χ3v) is 2.76. The maximum absolute atomic E-state index is 5.54. The summed E-state index contributed by atoms with van der Waals surface area (Å²) in [4.78, 5) is 12.1. The second kappa shape index (κ2) is 7.08. The Kier molecular flexibility index (Phi) is 5.14. The van der Waals surface area contributed by atoms with Crippen LogP contribution >= 0.6 is 0 Å². The monoisotopic (exact) mass is 268 g/mol. The molecule has 0 radical (unpaired) electrons. The lowest BCUT2D eigenvalue weighted by Gasteiger charge is -2.07. The quantitative estimate of drug-likeness (QED) is 0.672. The van der Waals surface area contributed by atoms with Crippen LogP contribution in [0.3, 0.4) is 0 Å². The van der Waals surface area contributed by atoms with Gasteiger partial charge in [0, 0.05) is 19.8 Å². The number of hydrogen-bond donors (Lipinski definition) is 1. The molecule has 0 bridgehead atoms. The van der Waals surface area contributed by atoms with Gasteiger partial charge in [0.05, 0.1) is 14.2 Å². The van der Waals surface area contributed by atoms with Gasteiger partial charge in [0.1, 0.15) is 0 Å². The van der Waals surface area contributed by atoms with Gasteiger partial charge in [0.15, 0.2) is 0 Å². The van der Waals surface area contributed by atoms with Crippen LogP contribution in [0.2, 0.25) is 0 Å². The molecule has 1 aliphatic rings. The van der Waals surface area contributed by atoms with Crippen molar-refractivity contribution in [2.45, 2.75) is 19.3 Å². The van der Waals surface area contributed by atoms with Gasteiger partial charge in [-0.15, -0.1) is 4.98 Å². The van der Waals surface area contributed by atoms with Crippen molar-refractivity contribution < 1.29 is 14.2 Å². The van der Waals surface area contributed by atoms with Crippen LogP contribution < -0.4 is 14.8 Å². The molecule has 0 spiro atoms. The predicted molar refractivity (Wildman–Crippen MR) is 69.6 cm³/mol. The van der Waals surface area contributed by atoms with Crippen LogP contribution in [0.4, 0.5) is 5.95 Å². The van der Waals surface area contributed by atoms with Gasteiger partial charge in [-0.3, -0.25) is 0 Å². The summed E-state index contributed by atoms with van der Waals surface area (Å²) in [5.74, 6) is 1.26. The highest BCUT2D eigenvalue weighted by molar-refractivity contribution is 5.27. The molecule has 0 aromatic carbocycles. The van der Waals surface area contributed by atoms with Gasteiger partial charge in [-0.25, -0.2) is 0 Å². The Balaban J connectivity index is 1.68. The third kappa shape index (κ3) is 4.86. The molecule has 0 unspecified atom stereocenters. The number of nitrogens with one attached hydrogen (secondary N) is 1. The molecular weight excluding hydrogens is 248 g/mol. The highest BCUT2D eigenvalue weighted by atomic mass is 16.5. The Hall–Kier alpha value is -1.63. The van der Waals surface area contributed by atoms with Crippen LogP contribution in [0.15, 0.2) is 0 Å². The van der Waals surface area contributed by atoms with Gasteiger partial charge in [-0.1, -0.05) is 0 Å². The van der Waals surface area contributed by atoms with E-state index in [9.17, 15) is 0 Å². The molecule has 7 nitrogen and oxygen atoms in total. The zero-order valence-corrected chi connectivity index (χ0v) is 11.4. The molecule has 1 aliphatic carbocycles. The summed E-state index contributed by atoms with van der Waals surface area (Å²) in [7, 11) is 3.01. The fraction of sp³-hybridized carbons (Fsp3) is 0.750. The summed E-state index contributed by atoms with van der Waals surface area (Å²) >= 11 is 0. The molecule has 0 saturated heterocycles. The van der Waals surface area contributed by atoms with Gasteiger partial charge in [-0.05, 0) is 25.2 Å². The summed E-state index contributed by atoms with van der Waals surface area (Å²) in [5, 5.41) is 3.10.